The number of guanidine groups is 1. The van der Waals surface area contributed by atoms with E-state index < -0.39 is 0 Å². The van der Waals surface area contributed by atoms with Gasteiger partial charge in [0.15, 0.2) is 5.96 Å². The molecule has 6 N–H and O–H groups in total. The summed E-state index contributed by atoms with van der Waals surface area (Å²) in [4.78, 5) is 0. The Hall–Kier alpha value is -0.810. The molecule has 12 heavy (non-hydrogen) atoms. The smallest absolute Gasteiger partial charge is 0.188 e. The van der Waals surface area contributed by atoms with Gasteiger partial charge in [0, 0.05) is 19.1 Å². The number of hydrogen-bond donors (Lipinski definition) is 5. The SMILES string of the molecule is CNC(=N)N[C@H]1CC[C@H](NN)C1. The first-order chi connectivity index (χ1) is 5.76. The van der Waals surface area contributed by atoms with Crippen LogP contribution in [0, 0.1) is 5.41 Å². The van der Waals surface area contributed by atoms with Crippen molar-refractivity contribution in [3.8, 4) is 0 Å². The monoisotopic (exact) mass is 171 g/mol. The number of hydrogen-bond acceptors (Lipinski definition) is 3. The second-order valence-corrected chi connectivity index (χ2v) is 3.14. The number of nitrogens with two attached hydrogens (primary N) is 1. The molecule has 70 valence electrons. The fourth-order valence-electron chi connectivity index (χ4n) is 1.54. The van der Waals surface area contributed by atoms with Crippen LogP contribution in [0.2, 0.25) is 0 Å². The van der Waals surface area contributed by atoms with Crippen molar-refractivity contribution in [3.63, 3.8) is 0 Å². The van der Waals surface area contributed by atoms with Gasteiger partial charge in [0.25, 0.3) is 0 Å². The highest BCUT2D eigenvalue weighted by molar-refractivity contribution is 5.76. The Labute approximate surface area is 72.6 Å². The molecule has 0 bridgehead atoms. The van der Waals surface area contributed by atoms with E-state index in [1.807, 2.05) is 0 Å². The van der Waals surface area contributed by atoms with E-state index in [0.717, 1.165) is 19.3 Å². The zero-order valence-corrected chi connectivity index (χ0v) is 7.35. The van der Waals surface area contributed by atoms with Gasteiger partial charge in [-0.25, -0.2) is 0 Å². The molecule has 0 aromatic carbocycles. The highest BCUT2D eigenvalue weighted by Gasteiger charge is 2.23. The maximum absolute atomic E-state index is 7.35. The average molecular weight is 171 g/mol. The second kappa shape index (κ2) is 4.27. The molecule has 1 aliphatic carbocycles. The first-order valence-electron chi connectivity index (χ1n) is 4.25. The lowest BCUT2D eigenvalue weighted by atomic mass is 10.2. The van der Waals surface area contributed by atoms with Gasteiger partial charge in [0.2, 0.25) is 0 Å². The molecule has 0 heterocycles. The predicted molar refractivity (Wildman–Crippen MR) is 48.7 cm³/mol. The summed E-state index contributed by atoms with van der Waals surface area (Å²) in [7, 11) is 1.74. The third-order valence-corrected chi connectivity index (χ3v) is 2.27. The zero-order chi connectivity index (χ0) is 8.97. The lowest BCUT2D eigenvalue weighted by Crippen LogP contribution is -2.41. The Morgan fingerprint density at radius 3 is 2.58 bits per heavy atom. The lowest BCUT2D eigenvalue weighted by molar-refractivity contribution is 0.524. The molecule has 5 nitrogen and oxygen atoms in total. The maximum Gasteiger partial charge on any atom is 0.188 e. The third kappa shape index (κ3) is 2.35. The van der Waals surface area contributed by atoms with Crippen LogP contribution in [-0.4, -0.2) is 25.1 Å². The molecule has 2 atom stereocenters. The summed E-state index contributed by atoms with van der Waals surface area (Å²) in [5.74, 6) is 5.70. The van der Waals surface area contributed by atoms with Crippen LogP contribution in [0.4, 0.5) is 0 Å². The van der Waals surface area contributed by atoms with Crippen LogP contribution in [0.5, 0.6) is 0 Å². The summed E-state index contributed by atoms with van der Waals surface area (Å²) < 4.78 is 0. The summed E-state index contributed by atoms with van der Waals surface area (Å²) in [6, 6.07) is 0.804. The summed E-state index contributed by atoms with van der Waals surface area (Å²) in [5, 5.41) is 13.2. The summed E-state index contributed by atoms with van der Waals surface area (Å²) in [6.07, 6.45) is 3.17. The first kappa shape index (κ1) is 9.28. The molecule has 0 aliphatic heterocycles. The minimum Gasteiger partial charge on any atom is -0.360 e. The zero-order valence-electron chi connectivity index (χ0n) is 7.35. The Balaban J connectivity index is 2.23. The maximum atomic E-state index is 7.35. The van der Waals surface area contributed by atoms with Crippen molar-refractivity contribution >= 4 is 5.96 Å². The van der Waals surface area contributed by atoms with Gasteiger partial charge in [-0.2, -0.15) is 0 Å². The average Bonchev–Trinajstić information content (AvgIpc) is 2.52. The standard InChI is InChI=1S/C7H17N5/c1-10-7(8)11-5-2-3-6(4-5)12-9/h5-6,12H,2-4,9H2,1H3,(H3,8,10,11)/t5-,6-/m0/s1. The van der Waals surface area contributed by atoms with Crippen molar-refractivity contribution in [2.75, 3.05) is 7.05 Å². The number of rotatable bonds is 2. The summed E-state index contributed by atoms with van der Waals surface area (Å²) in [5.41, 5.74) is 2.75. The van der Waals surface area contributed by atoms with E-state index in [1.165, 1.54) is 0 Å². The van der Waals surface area contributed by atoms with E-state index in [0.29, 0.717) is 18.0 Å². The lowest BCUT2D eigenvalue weighted by Gasteiger charge is -2.14. The van der Waals surface area contributed by atoms with Gasteiger partial charge < -0.3 is 10.6 Å². The fourth-order valence-corrected chi connectivity index (χ4v) is 1.54. The van der Waals surface area contributed by atoms with Crippen LogP contribution in [0.15, 0.2) is 0 Å². The molecule has 0 unspecified atom stereocenters. The van der Waals surface area contributed by atoms with Crippen molar-refractivity contribution < 1.29 is 0 Å². The molecule has 5 heteroatoms. The molecule has 1 saturated carbocycles. The van der Waals surface area contributed by atoms with Crippen molar-refractivity contribution in [2.24, 2.45) is 5.84 Å². The molecule has 1 aliphatic rings. The molecule has 0 aromatic rings. The first-order valence-corrected chi connectivity index (χ1v) is 4.25. The second-order valence-electron chi connectivity index (χ2n) is 3.14. The molecule has 0 aromatic heterocycles. The van der Waals surface area contributed by atoms with Crippen LogP contribution in [-0.2, 0) is 0 Å². The van der Waals surface area contributed by atoms with Crippen molar-refractivity contribution in [1.29, 1.82) is 5.41 Å². The molecule has 0 saturated heterocycles. The van der Waals surface area contributed by atoms with Crippen molar-refractivity contribution in [3.05, 3.63) is 0 Å². The fraction of sp³-hybridized carbons (Fsp3) is 0.857. The number of hydrazine groups is 1. The van der Waals surface area contributed by atoms with Crippen LogP contribution in [0.3, 0.4) is 0 Å². The minimum atomic E-state index is 0.387. The quantitative estimate of drug-likeness (QED) is 0.161. The largest absolute Gasteiger partial charge is 0.360 e. The Morgan fingerprint density at radius 1 is 1.42 bits per heavy atom. The van der Waals surface area contributed by atoms with E-state index in [1.54, 1.807) is 7.05 Å². The van der Waals surface area contributed by atoms with Crippen LogP contribution in [0.1, 0.15) is 19.3 Å². The van der Waals surface area contributed by atoms with Gasteiger partial charge in [-0.15, -0.1) is 0 Å². The van der Waals surface area contributed by atoms with Crippen molar-refractivity contribution in [1.82, 2.24) is 16.1 Å². The number of nitrogens with one attached hydrogen (secondary N) is 4. The summed E-state index contributed by atoms with van der Waals surface area (Å²) >= 11 is 0. The van der Waals surface area contributed by atoms with E-state index in [4.69, 9.17) is 11.3 Å². The summed E-state index contributed by atoms with van der Waals surface area (Å²) in [6.45, 7) is 0. The Morgan fingerprint density at radius 2 is 2.08 bits per heavy atom. The van der Waals surface area contributed by atoms with Gasteiger partial charge in [0.05, 0.1) is 0 Å². The molecule has 1 fully saturated rings. The molecular formula is C7H17N5. The minimum absolute atomic E-state index is 0.387. The third-order valence-electron chi connectivity index (χ3n) is 2.27. The van der Waals surface area contributed by atoms with Gasteiger partial charge in [0.1, 0.15) is 0 Å². The van der Waals surface area contributed by atoms with E-state index >= 15 is 0 Å². The predicted octanol–water partition coefficient (Wildman–Crippen LogP) is -0.885. The van der Waals surface area contributed by atoms with E-state index in [9.17, 15) is 0 Å². The Bertz CT molecular complexity index is 158. The molecule has 0 amide bonds. The normalized spacial score (nSPS) is 28.5. The van der Waals surface area contributed by atoms with Gasteiger partial charge in [-0.05, 0) is 19.3 Å². The van der Waals surface area contributed by atoms with Crippen molar-refractivity contribution in [2.45, 2.75) is 31.3 Å². The Kier molecular flexibility index (Phi) is 3.31. The molecule has 0 radical (unpaired) electrons. The van der Waals surface area contributed by atoms with Gasteiger partial charge in [-0.1, -0.05) is 0 Å². The van der Waals surface area contributed by atoms with E-state index in [-0.39, 0.29) is 0 Å². The van der Waals surface area contributed by atoms with Crippen LogP contribution in [0.25, 0.3) is 0 Å². The van der Waals surface area contributed by atoms with Crippen LogP contribution < -0.4 is 21.9 Å². The highest BCUT2D eigenvalue weighted by Crippen LogP contribution is 2.17. The van der Waals surface area contributed by atoms with Gasteiger partial charge >= 0.3 is 0 Å². The highest BCUT2D eigenvalue weighted by atomic mass is 15.2. The molecular weight excluding hydrogens is 154 g/mol. The van der Waals surface area contributed by atoms with E-state index in [2.05, 4.69) is 16.1 Å². The molecule has 0 spiro atoms. The van der Waals surface area contributed by atoms with Gasteiger partial charge in [-0.3, -0.25) is 16.7 Å². The van der Waals surface area contributed by atoms with Crippen LogP contribution >= 0.6 is 0 Å². The molecule has 1 rings (SSSR count). The topological polar surface area (TPSA) is 86.0 Å².